The van der Waals surface area contributed by atoms with Crippen molar-refractivity contribution in [2.45, 2.75) is 63.2 Å². The topological polar surface area (TPSA) is 134 Å². The van der Waals surface area contributed by atoms with Crippen molar-refractivity contribution in [1.82, 2.24) is 9.29 Å². The number of piperidine rings is 2. The average molecular weight is 475 g/mol. The molecule has 176 valence electrons. The van der Waals surface area contributed by atoms with Crippen LogP contribution in [0.15, 0.2) is 17.2 Å². The molecule has 0 amide bonds. The van der Waals surface area contributed by atoms with Crippen LogP contribution >= 0.6 is 0 Å². The van der Waals surface area contributed by atoms with Gasteiger partial charge in [0, 0.05) is 32.4 Å². The minimum atomic E-state index is -3.93. The second kappa shape index (κ2) is 8.58. The molecule has 2 aliphatic heterocycles. The van der Waals surface area contributed by atoms with Gasteiger partial charge in [-0.3, -0.25) is 0 Å². The van der Waals surface area contributed by atoms with Crippen molar-refractivity contribution in [3.05, 3.63) is 17.8 Å². The first kappa shape index (κ1) is 24.4. The minimum absolute atomic E-state index is 0.00617. The lowest BCUT2D eigenvalue weighted by Crippen LogP contribution is -2.50. The number of aliphatic hydroxyl groups is 1. The minimum Gasteiger partial charge on any atom is -0.391 e. The fourth-order valence-corrected chi connectivity index (χ4v) is 7.23. The molecule has 2 saturated heterocycles. The van der Waals surface area contributed by atoms with Crippen LogP contribution in [0.2, 0.25) is 0 Å². The van der Waals surface area contributed by atoms with E-state index >= 15 is 0 Å². The summed E-state index contributed by atoms with van der Waals surface area (Å²) in [6, 6.07) is 1.57. The summed E-state index contributed by atoms with van der Waals surface area (Å²) in [5.74, 6) is 0.248. The van der Waals surface area contributed by atoms with Crippen LogP contribution in [0.4, 0.5) is 5.82 Å². The molecule has 3 atom stereocenters. The van der Waals surface area contributed by atoms with Gasteiger partial charge in [0.1, 0.15) is 10.7 Å². The van der Waals surface area contributed by atoms with Crippen LogP contribution in [0.5, 0.6) is 0 Å². The summed E-state index contributed by atoms with van der Waals surface area (Å²) in [5.41, 5.74) is 0.564. The highest BCUT2D eigenvalue weighted by Gasteiger charge is 2.41. The van der Waals surface area contributed by atoms with Crippen LogP contribution in [-0.2, 0) is 20.0 Å². The van der Waals surface area contributed by atoms with Gasteiger partial charge in [-0.25, -0.2) is 27.0 Å². The summed E-state index contributed by atoms with van der Waals surface area (Å²) in [6.07, 6.45) is 2.40. The molecule has 3 N–H and O–H groups in total. The van der Waals surface area contributed by atoms with Gasteiger partial charge in [-0.05, 0) is 49.1 Å². The van der Waals surface area contributed by atoms with Crippen molar-refractivity contribution < 1.29 is 21.9 Å². The summed E-state index contributed by atoms with van der Waals surface area (Å²) in [5, 5.41) is 15.3. The molecule has 0 aliphatic carbocycles. The normalized spacial score (nSPS) is 26.8. The molecule has 2 fully saturated rings. The van der Waals surface area contributed by atoms with E-state index in [0.717, 1.165) is 0 Å². The van der Waals surface area contributed by atoms with E-state index in [0.29, 0.717) is 37.9 Å². The van der Waals surface area contributed by atoms with Gasteiger partial charge in [-0.15, -0.1) is 0 Å². The molecular formula is C20H34N4O5S2. The lowest BCUT2D eigenvalue weighted by molar-refractivity contribution is -0.00209. The first-order valence-corrected chi connectivity index (χ1v) is 13.7. The van der Waals surface area contributed by atoms with Crippen LogP contribution in [0.3, 0.4) is 0 Å². The van der Waals surface area contributed by atoms with Crippen LogP contribution in [0, 0.1) is 18.3 Å². The predicted octanol–water partition coefficient (Wildman–Crippen LogP) is 1.06. The molecular weight excluding hydrogens is 440 g/mol. The number of anilines is 1. The van der Waals surface area contributed by atoms with Crippen LogP contribution in [0.25, 0.3) is 0 Å². The molecule has 0 radical (unpaired) electrons. The largest absolute Gasteiger partial charge is 0.391 e. The average Bonchev–Trinajstić information content (AvgIpc) is 2.66. The van der Waals surface area contributed by atoms with Crippen molar-refractivity contribution >= 4 is 25.9 Å². The zero-order valence-electron chi connectivity index (χ0n) is 18.7. The fourth-order valence-electron chi connectivity index (χ4n) is 4.63. The fraction of sp³-hybridized carbons (Fsp3) is 0.750. The van der Waals surface area contributed by atoms with Gasteiger partial charge in [0.2, 0.25) is 20.0 Å². The maximum atomic E-state index is 13.6. The number of aliphatic hydroxyl groups excluding tert-OH is 1. The quantitative estimate of drug-likeness (QED) is 0.666. The third-order valence-electron chi connectivity index (χ3n) is 6.39. The SMILES string of the molecule is Cc1cnc(N2CCCC(S(N)(=O)=O)C2)c(S(=O)(=O)N2CC[C@H](C(C)(C)C)[C@@H](O)C2)c1. The molecule has 1 unspecified atom stereocenters. The van der Waals surface area contributed by atoms with E-state index in [1.165, 1.54) is 4.31 Å². The van der Waals surface area contributed by atoms with Crippen LogP contribution in [-0.4, -0.2) is 68.8 Å². The third kappa shape index (κ3) is 5.22. The Morgan fingerprint density at radius 3 is 2.39 bits per heavy atom. The van der Waals surface area contributed by atoms with Crippen LogP contribution in [0.1, 0.15) is 45.6 Å². The highest BCUT2D eigenvalue weighted by atomic mass is 32.2. The van der Waals surface area contributed by atoms with E-state index in [9.17, 15) is 21.9 Å². The van der Waals surface area contributed by atoms with Gasteiger partial charge in [-0.2, -0.15) is 4.31 Å². The van der Waals surface area contributed by atoms with E-state index in [1.54, 1.807) is 24.1 Å². The number of pyridine rings is 1. The molecule has 0 saturated carbocycles. The number of rotatable bonds is 4. The Morgan fingerprint density at radius 1 is 1.13 bits per heavy atom. The van der Waals surface area contributed by atoms with E-state index in [4.69, 9.17) is 5.14 Å². The number of nitrogens with two attached hydrogens (primary N) is 1. The Hall–Kier alpha value is -1.27. The number of hydrogen-bond acceptors (Lipinski definition) is 7. The number of aryl methyl sites for hydroxylation is 1. The maximum absolute atomic E-state index is 13.6. The monoisotopic (exact) mass is 474 g/mol. The predicted molar refractivity (Wildman–Crippen MR) is 120 cm³/mol. The number of β-amino-alcohol motifs (C(OH)–C–C–N with tert-alkyl or cyclic N) is 1. The molecule has 11 heteroatoms. The van der Waals surface area contributed by atoms with Gasteiger partial charge in [0.15, 0.2) is 0 Å². The zero-order valence-corrected chi connectivity index (χ0v) is 20.3. The summed E-state index contributed by atoms with van der Waals surface area (Å²) in [4.78, 5) is 6.12. The van der Waals surface area contributed by atoms with Gasteiger partial charge < -0.3 is 10.0 Å². The van der Waals surface area contributed by atoms with E-state index < -0.39 is 31.4 Å². The standard InChI is InChI=1S/C20H34N4O5S2/c1-14-10-18(19(22-11-14)23-8-5-6-15(12-23)30(21,26)27)31(28,29)24-9-7-16(17(25)13-24)20(2,3)4/h10-11,15-17,25H,5-9,12-13H2,1-4H3,(H2,21,26,27)/t15?,16-,17-/m0/s1. The van der Waals surface area contributed by atoms with Crippen molar-refractivity contribution in [2.75, 3.05) is 31.1 Å². The Balaban J connectivity index is 1.93. The Kier molecular flexibility index (Phi) is 6.75. The highest BCUT2D eigenvalue weighted by Crippen LogP contribution is 2.37. The molecule has 1 aromatic heterocycles. The molecule has 0 bridgehead atoms. The molecule has 0 spiro atoms. The number of sulfonamides is 2. The Bertz CT molecular complexity index is 1020. The summed E-state index contributed by atoms with van der Waals surface area (Å²) >= 11 is 0. The Morgan fingerprint density at radius 2 is 1.81 bits per heavy atom. The molecule has 1 aromatic rings. The number of nitrogens with zero attached hydrogens (tertiary/aromatic N) is 3. The Labute approximate surface area is 185 Å². The van der Waals surface area contributed by atoms with Crippen molar-refractivity contribution in [3.8, 4) is 0 Å². The summed E-state index contributed by atoms with van der Waals surface area (Å²) < 4.78 is 52.2. The lowest BCUT2D eigenvalue weighted by Gasteiger charge is -2.42. The first-order chi connectivity index (χ1) is 14.2. The van der Waals surface area contributed by atoms with Crippen molar-refractivity contribution in [1.29, 1.82) is 0 Å². The van der Waals surface area contributed by atoms with E-state index in [2.05, 4.69) is 4.98 Å². The molecule has 3 heterocycles. The van der Waals surface area contributed by atoms with Gasteiger partial charge >= 0.3 is 0 Å². The first-order valence-electron chi connectivity index (χ1n) is 10.6. The molecule has 0 aromatic carbocycles. The number of aromatic nitrogens is 1. The highest BCUT2D eigenvalue weighted by molar-refractivity contribution is 7.90. The molecule has 31 heavy (non-hydrogen) atoms. The van der Waals surface area contributed by atoms with Crippen molar-refractivity contribution in [3.63, 3.8) is 0 Å². The summed E-state index contributed by atoms with van der Waals surface area (Å²) in [6.45, 7) is 8.85. The second-order valence-corrected chi connectivity index (χ2v) is 13.6. The van der Waals surface area contributed by atoms with Crippen LogP contribution < -0.4 is 10.0 Å². The molecule has 9 nitrogen and oxygen atoms in total. The lowest BCUT2D eigenvalue weighted by atomic mass is 9.74. The summed E-state index contributed by atoms with van der Waals surface area (Å²) in [7, 11) is -7.66. The smallest absolute Gasteiger partial charge is 0.246 e. The van der Waals surface area contributed by atoms with Crippen molar-refractivity contribution in [2.24, 2.45) is 16.5 Å². The zero-order chi connectivity index (χ0) is 23.2. The molecule has 3 rings (SSSR count). The van der Waals surface area contributed by atoms with Gasteiger partial charge in [0.25, 0.3) is 0 Å². The van der Waals surface area contributed by atoms with E-state index in [-0.39, 0.29) is 35.1 Å². The number of hydrogen-bond donors (Lipinski definition) is 2. The maximum Gasteiger partial charge on any atom is 0.246 e. The van der Waals surface area contributed by atoms with Gasteiger partial charge in [-0.1, -0.05) is 20.8 Å². The molecule has 2 aliphatic rings. The van der Waals surface area contributed by atoms with E-state index in [1.807, 2.05) is 20.8 Å². The second-order valence-electron chi connectivity index (χ2n) is 9.83. The third-order valence-corrected chi connectivity index (χ3v) is 9.57. The number of primary sulfonamides is 1. The van der Waals surface area contributed by atoms with Gasteiger partial charge in [0.05, 0.1) is 11.4 Å².